The summed E-state index contributed by atoms with van der Waals surface area (Å²) in [7, 11) is 1.61. The van der Waals surface area contributed by atoms with Crippen LogP contribution < -0.4 is 10.1 Å². The number of H-pyrrole nitrogens is 1. The second kappa shape index (κ2) is 7.88. The van der Waals surface area contributed by atoms with Gasteiger partial charge in [0.25, 0.3) is 0 Å². The molecule has 1 aromatic carbocycles. The Bertz CT molecular complexity index is 902. The van der Waals surface area contributed by atoms with Crippen LogP contribution in [0.4, 0.5) is 5.13 Å². The average molecular weight is 390 g/mol. The van der Waals surface area contributed by atoms with Gasteiger partial charge in [-0.2, -0.15) is 0 Å². The van der Waals surface area contributed by atoms with Crippen molar-refractivity contribution in [3.63, 3.8) is 0 Å². The zero-order chi connectivity index (χ0) is 18.7. The number of para-hydroxylation sites is 1. The van der Waals surface area contributed by atoms with Gasteiger partial charge in [0.1, 0.15) is 5.75 Å². The number of hydrogen-bond acceptors (Lipinski definition) is 7. The molecule has 0 spiro atoms. The van der Waals surface area contributed by atoms with E-state index >= 15 is 0 Å². The predicted molar refractivity (Wildman–Crippen MR) is 104 cm³/mol. The Hall–Kier alpha value is -2.39. The van der Waals surface area contributed by atoms with E-state index in [4.69, 9.17) is 4.74 Å². The molecule has 0 unspecified atom stereocenters. The van der Waals surface area contributed by atoms with Crippen LogP contribution in [-0.2, 0) is 4.79 Å². The number of amides is 1. The van der Waals surface area contributed by atoms with Gasteiger partial charge < -0.3 is 10.1 Å². The minimum atomic E-state index is -0.360. The lowest BCUT2D eigenvalue weighted by Crippen LogP contribution is -2.22. The fourth-order valence-electron chi connectivity index (χ4n) is 2.20. The third-order valence-corrected chi connectivity index (χ3v) is 5.69. The molecule has 1 amide bonds. The number of nitrogens with zero attached hydrogens (tertiary/aromatic N) is 3. The predicted octanol–water partition coefficient (Wildman–Crippen LogP) is 3.67. The number of hydrogen-bond donors (Lipinski definition) is 2. The molecule has 3 aromatic rings. The van der Waals surface area contributed by atoms with E-state index in [2.05, 4.69) is 25.5 Å². The number of ether oxygens (including phenoxy) is 1. The first-order valence-electron chi connectivity index (χ1n) is 7.95. The van der Waals surface area contributed by atoms with Crippen molar-refractivity contribution >= 4 is 34.1 Å². The zero-order valence-electron chi connectivity index (χ0n) is 14.9. The minimum absolute atomic E-state index is 0.132. The highest BCUT2D eigenvalue weighted by Crippen LogP contribution is 2.29. The van der Waals surface area contributed by atoms with Gasteiger partial charge in [-0.3, -0.25) is 9.89 Å². The van der Waals surface area contributed by atoms with E-state index in [-0.39, 0.29) is 11.2 Å². The Labute approximate surface area is 159 Å². The highest BCUT2D eigenvalue weighted by molar-refractivity contribution is 8.00. The Kier molecular flexibility index (Phi) is 5.58. The highest BCUT2D eigenvalue weighted by atomic mass is 32.2. The van der Waals surface area contributed by atoms with Crippen LogP contribution in [0, 0.1) is 13.8 Å². The van der Waals surface area contributed by atoms with E-state index in [0.717, 1.165) is 16.1 Å². The number of aromatic nitrogens is 4. The van der Waals surface area contributed by atoms with Crippen LogP contribution in [0.25, 0.3) is 11.4 Å². The van der Waals surface area contributed by atoms with Gasteiger partial charge in [0.2, 0.25) is 11.1 Å². The summed E-state index contributed by atoms with van der Waals surface area (Å²) in [5.74, 6) is 1.18. The lowest BCUT2D eigenvalue weighted by Gasteiger charge is -2.07. The summed E-state index contributed by atoms with van der Waals surface area (Å²) in [5, 5.41) is 10.7. The Morgan fingerprint density at radius 3 is 2.77 bits per heavy atom. The average Bonchev–Trinajstić information content (AvgIpc) is 3.21. The lowest BCUT2D eigenvalue weighted by molar-refractivity contribution is -0.115. The summed E-state index contributed by atoms with van der Waals surface area (Å²) in [5.41, 5.74) is 1.75. The van der Waals surface area contributed by atoms with Crippen LogP contribution in [0.1, 0.15) is 17.5 Å². The highest BCUT2D eigenvalue weighted by Gasteiger charge is 2.19. The number of aromatic amines is 1. The van der Waals surface area contributed by atoms with Crippen LogP contribution in [-0.4, -0.2) is 38.4 Å². The second-order valence-corrected chi connectivity index (χ2v) is 8.09. The number of thiazole rings is 1. The molecule has 0 aliphatic carbocycles. The topological polar surface area (TPSA) is 92.8 Å². The van der Waals surface area contributed by atoms with E-state index in [1.54, 1.807) is 7.11 Å². The Morgan fingerprint density at radius 1 is 1.31 bits per heavy atom. The van der Waals surface area contributed by atoms with Crippen molar-refractivity contribution in [2.75, 3.05) is 12.4 Å². The summed E-state index contributed by atoms with van der Waals surface area (Å²) in [6.45, 7) is 5.72. The molecule has 0 fully saturated rings. The molecule has 2 heterocycles. The molecule has 0 saturated heterocycles. The molecule has 1 atom stereocenters. The van der Waals surface area contributed by atoms with Crippen LogP contribution in [0.3, 0.4) is 0 Å². The van der Waals surface area contributed by atoms with Gasteiger partial charge in [0, 0.05) is 4.88 Å². The third-order valence-electron chi connectivity index (χ3n) is 3.74. The van der Waals surface area contributed by atoms with Crippen molar-refractivity contribution in [3.05, 3.63) is 34.8 Å². The Balaban J connectivity index is 1.67. The summed E-state index contributed by atoms with van der Waals surface area (Å²) in [4.78, 5) is 22.2. The molecule has 0 aliphatic heterocycles. The molecule has 2 aromatic heterocycles. The molecule has 9 heteroatoms. The van der Waals surface area contributed by atoms with E-state index in [1.165, 1.54) is 23.1 Å². The number of carbonyl (C=O) groups is 1. The van der Waals surface area contributed by atoms with E-state index in [0.29, 0.717) is 21.9 Å². The minimum Gasteiger partial charge on any atom is -0.496 e. The van der Waals surface area contributed by atoms with Crippen LogP contribution in [0.15, 0.2) is 29.4 Å². The molecule has 0 bridgehead atoms. The van der Waals surface area contributed by atoms with Gasteiger partial charge in [0.05, 0.1) is 23.6 Å². The molecule has 0 radical (unpaired) electrons. The van der Waals surface area contributed by atoms with Crippen LogP contribution >= 0.6 is 23.1 Å². The normalized spacial score (nSPS) is 12.0. The summed E-state index contributed by atoms with van der Waals surface area (Å²) in [6, 6.07) is 7.56. The SMILES string of the molecule is COc1ccccc1-c1nc(S[C@H](C)C(=O)Nc2nc(C)c(C)s2)n[nH]1. The number of rotatable bonds is 6. The first-order valence-corrected chi connectivity index (χ1v) is 9.65. The summed E-state index contributed by atoms with van der Waals surface area (Å²) in [6.07, 6.45) is 0. The van der Waals surface area contributed by atoms with Crippen molar-refractivity contribution < 1.29 is 9.53 Å². The van der Waals surface area contributed by atoms with Gasteiger partial charge in [-0.15, -0.1) is 16.4 Å². The fourth-order valence-corrected chi connectivity index (χ4v) is 3.75. The molecule has 0 saturated carbocycles. The monoisotopic (exact) mass is 389 g/mol. The number of carbonyl (C=O) groups excluding carboxylic acids is 1. The van der Waals surface area contributed by atoms with E-state index in [9.17, 15) is 4.79 Å². The first kappa shape index (κ1) is 18.4. The first-order chi connectivity index (χ1) is 12.5. The van der Waals surface area contributed by atoms with Crippen molar-refractivity contribution in [2.24, 2.45) is 0 Å². The van der Waals surface area contributed by atoms with Crippen molar-refractivity contribution in [3.8, 4) is 17.1 Å². The van der Waals surface area contributed by atoms with E-state index < -0.39 is 0 Å². The fraction of sp³-hybridized carbons (Fsp3) is 0.294. The second-order valence-electron chi connectivity index (χ2n) is 5.58. The third kappa shape index (κ3) is 4.05. The lowest BCUT2D eigenvalue weighted by atomic mass is 10.2. The molecule has 0 aliphatic rings. The van der Waals surface area contributed by atoms with Gasteiger partial charge in [-0.1, -0.05) is 23.9 Å². The van der Waals surface area contributed by atoms with Crippen molar-refractivity contribution in [2.45, 2.75) is 31.2 Å². The molecule has 7 nitrogen and oxygen atoms in total. The Morgan fingerprint density at radius 2 is 2.08 bits per heavy atom. The standard InChI is InChI=1S/C17H19N5O2S2/c1-9-10(2)25-16(18-9)20-15(23)11(3)26-17-19-14(21-22-17)12-7-5-6-8-13(12)24-4/h5-8,11H,1-4H3,(H,18,20,23)(H,19,21,22)/t11-/m1/s1. The largest absolute Gasteiger partial charge is 0.496 e. The number of benzene rings is 1. The van der Waals surface area contributed by atoms with Gasteiger partial charge in [0.15, 0.2) is 11.0 Å². The van der Waals surface area contributed by atoms with E-state index in [1.807, 2.05) is 45.0 Å². The smallest absolute Gasteiger partial charge is 0.239 e. The quantitative estimate of drug-likeness (QED) is 0.625. The zero-order valence-corrected chi connectivity index (χ0v) is 16.5. The molecule has 136 valence electrons. The van der Waals surface area contributed by atoms with Gasteiger partial charge >= 0.3 is 0 Å². The summed E-state index contributed by atoms with van der Waals surface area (Å²) >= 11 is 2.75. The van der Waals surface area contributed by atoms with Crippen LogP contribution in [0.2, 0.25) is 0 Å². The number of thioether (sulfide) groups is 1. The molecular weight excluding hydrogens is 370 g/mol. The van der Waals surface area contributed by atoms with Crippen molar-refractivity contribution in [1.82, 2.24) is 20.2 Å². The maximum Gasteiger partial charge on any atom is 0.239 e. The molecular formula is C17H19N5O2S2. The maximum atomic E-state index is 12.4. The maximum absolute atomic E-state index is 12.4. The number of anilines is 1. The number of methoxy groups -OCH3 is 1. The van der Waals surface area contributed by atoms with Crippen molar-refractivity contribution in [1.29, 1.82) is 0 Å². The summed E-state index contributed by atoms with van der Waals surface area (Å²) < 4.78 is 5.34. The molecule has 3 rings (SSSR count). The van der Waals surface area contributed by atoms with Crippen LogP contribution in [0.5, 0.6) is 5.75 Å². The molecule has 2 N–H and O–H groups in total. The van der Waals surface area contributed by atoms with Gasteiger partial charge in [-0.05, 0) is 32.9 Å². The number of nitrogens with one attached hydrogen (secondary N) is 2. The molecule has 26 heavy (non-hydrogen) atoms. The van der Waals surface area contributed by atoms with Gasteiger partial charge in [-0.25, -0.2) is 9.97 Å². The number of aryl methyl sites for hydroxylation is 2.